The summed E-state index contributed by atoms with van der Waals surface area (Å²) in [5, 5.41) is 4.84. The summed E-state index contributed by atoms with van der Waals surface area (Å²) in [5.41, 5.74) is 4.37. The molecule has 1 atom stereocenters. The number of alkyl halides is 3. The van der Waals surface area contributed by atoms with Gasteiger partial charge in [0.1, 0.15) is 33.5 Å². The number of hydrogen-bond donors (Lipinski definition) is 3. The van der Waals surface area contributed by atoms with Crippen LogP contribution in [-0.4, -0.2) is 50.7 Å². The van der Waals surface area contributed by atoms with Crippen LogP contribution in [0.5, 0.6) is 0 Å². The highest BCUT2D eigenvalue weighted by Crippen LogP contribution is 2.35. The van der Waals surface area contributed by atoms with E-state index >= 15 is 0 Å². The molecule has 0 spiro atoms. The van der Waals surface area contributed by atoms with Gasteiger partial charge < -0.3 is 21.3 Å². The van der Waals surface area contributed by atoms with Crippen LogP contribution in [-0.2, 0) is 11.0 Å². The quantitative estimate of drug-likeness (QED) is 0.382. The third kappa shape index (κ3) is 6.78. The number of halogens is 4. The second-order valence-electron chi connectivity index (χ2n) is 8.68. The molecule has 1 aliphatic rings. The lowest BCUT2D eigenvalue weighted by Crippen LogP contribution is -2.39. The fourth-order valence-electron chi connectivity index (χ4n) is 3.86. The Kier molecular flexibility index (Phi) is 8.30. The first-order valence-corrected chi connectivity index (χ1v) is 12.8. The number of hydrogen-bond acceptors (Lipinski definition) is 9. The summed E-state index contributed by atoms with van der Waals surface area (Å²) in [6.45, 7) is 2.79. The number of aromatic nitrogens is 4. The minimum Gasteiger partial charge on any atom is -0.369 e. The maximum absolute atomic E-state index is 13.1. The monoisotopic (exact) mass is 582 g/mol. The average Bonchev–Trinajstić information content (AvgIpc) is 3.40. The maximum atomic E-state index is 13.1. The van der Waals surface area contributed by atoms with Crippen LogP contribution >= 0.6 is 22.9 Å². The van der Waals surface area contributed by atoms with Crippen molar-refractivity contribution in [3.8, 4) is 0 Å². The van der Waals surface area contributed by atoms with E-state index in [1.54, 1.807) is 13.0 Å². The largest absolute Gasteiger partial charge is 0.418 e. The van der Waals surface area contributed by atoms with Crippen LogP contribution in [0.15, 0.2) is 30.9 Å². The van der Waals surface area contributed by atoms with Gasteiger partial charge in [0, 0.05) is 31.3 Å². The molecule has 4 heterocycles. The number of amides is 3. The molecule has 0 saturated carbocycles. The molecule has 1 aliphatic heterocycles. The number of carbonyl (C=O) groups excluding carboxylic acids is 3. The van der Waals surface area contributed by atoms with Crippen LogP contribution in [0.2, 0.25) is 5.02 Å². The zero-order chi connectivity index (χ0) is 28.3. The smallest absolute Gasteiger partial charge is 0.369 e. The van der Waals surface area contributed by atoms with Crippen molar-refractivity contribution in [2.45, 2.75) is 32.0 Å². The molecular formula is C23H22ClF3N8O3S. The highest BCUT2D eigenvalue weighted by Gasteiger charge is 2.34. The average molecular weight is 583 g/mol. The molecule has 16 heteroatoms. The molecule has 3 aromatic rings. The van der Waals surface area contributed by atoms with Gasteiger partial charge in [0.05, 0.1) is 22.8 Å². The standard InChI is InChI=1S/C23H22ClF3N8O3S/c1-11(33-20(37)15-7-18(32-10-31-15)35-4-2-12(3-5-35)19(28)36)22-30-9-16(39-22)21(38)34-17-6-13(23(25,26)27)14(24)8-29-17/h6-12H,2-5H2,1H3,(H2,28,36)(H,33,37)(H,29,34,38). The number of carbonyl (C=O) groups is 3. The predicted octanol–water partition coefficient (Wildman–Crippen LogP) is 3.45. The summed E-state index contributed by atoms with van der Waals surface area (Å²) in [6.07, 6.45) is -0.202. The van der Waals surface area contributed by atoms with Crippen LogP contribution in [0.3, 0.4) is 0 Å². The first-order valence-electron chi connectivity index (χ1n) is 11.6. The number of nitrogens with two attached hydrogens (primary N) is 1. The number of nitrogens with one attached hydrogen (secondary N) is 2. The van der Waals surface area contributed by atoms with Gasteiger partial charge in [-0.05, 0) is 25.8 Å². The Morgan fingerprint density at radius 1 is 1.10 bits per heavy atom. The number of pyridine rings is 1. The molecule has 1 saturated heterocycles. The highest BCUT2D eigenvalue weighted by molar-refractivity contribution is 7.13. The zero-order valence-electron chi connectivity index (χ0n) is 20.3. The van der Waals surface area contributed by atoms with Crippen molar-refractivity contribution in [3.05, 3.63) is 57.0 Å². The number of primary amides is 1. The molecule has 0 radical (unpaired) electrons. The molecular weight excluding hydrogens is 561 g/mol. The third-order valence-corrected chi connectivity index (χ3v) is 7.45. The Hall–Kier alpha value is -3.85. The SMILES string of the molecule is CC(NC(=O)c1cc(N2CCC(C(N)=O)CC2)ncn1)c1ncc(C(=O)Nc2cc(C(F)(F)F)c(Cl)cn2)s1. The predicted molar refractivity (Wildman–Crippen MR) is 136 cm³/mol. The Bertz CT molecular complexity index is 1390. The van der Waals surface area contributed by atoms with Crippen LogP contribution in [0.4, 0.5) is 24.8 Å². The second kappa shape index (κ2) is 11.5. The second-order valence-corrected chi connectivity index (χ2v) is 10.2. The van der Waals surface area contributed by atoms with Crippen LogP contribution in [0.25, 0.3) is 0 Å². The molecule has 4 rings (SSSR count). The summed E-state index contributed by atoms with van der Waals surface area (Å²) in [5.74, 6) is -1.51. The molecule has 3 amide bonds. The molecule has 0 aliphatic carbocycles. The van der Waals surface area contributed by atoms with E-state index in [1.807, 2.05) is 4.90 Å². The molecule has 1 unspecified atom stereocenters. The van der Waals surface area contributed by atoms with Gasteiger partial charge in [-0.25, -0.2) is 19.9 Å². The molecule has 0 aromatic carbocycles. The number of anilines is 2. The van der Waals surface area contributed by atoms with Gasteiger partial charge in [-0.1, -0.05) is 11.6 Å². The van der Waals surface area contributed by atoms with Crippen molar-refractivity contribution in [1.82, 2.24) is 25.3 Å². The van der Waals surface area contributed by atoms with E-state index in [-0.39, 0.29) is 28.2 Å². The molecule has 39 heavy (non-hydrogen) atoms. The summed E-state index contributed by atoms with van der Waals surface area (Å²) in [6, 6.07) is 1.57. The van der Waals surface area contributed by atoms with E-state index < -0.39 is 34.6 Å². The van der Waals surface area contributed by atoms with Gasteiger partial charge in [-0.2, -0.15) is 13.2 Å². The van der Waals surface area contributed by atoms with E-state index in [1.165, 1.54) is 12.5 Å². The summed E-state index contributed by atoms with van der Waals surface area (Å²) < 4.78 is 39.2. The van der Waals surface area contributed by atoms with E-state index in [0.717, 1.165) is 17.5 Å². The van der Waals surface area contributed by atoms with Gasteiger partial charge in [0.15, 0.2) is 0 Å². The zero-order valence-corrected chi connectivity index (χ0v) is 21.9. The Morgan fingerprint density at radius 2 is 1.82 bits per heavy atom. The summed E-state index contributed by atoms with van der Waals surface area (Å²) in [7, 11) is 0. The Morgan fingerprint density at radius 3 is 2.49 bits per heavy atom. The lowest BCUT2D eigenvalue weighted by Gasteiger charge is -2.31. The Balaban J connectivity index is 1.38. The van der Waals surface area contributed by atoms with Crippen LogP contribution in [0, 0.1) is 5.92 Å². The summed E-state index contributed by atoms with van der Waals surface area (Å²) in [4.78, 5) is 54.9. The van der Waals surface area contributed by atoms with Gasteiger partial charge in [-0.3, -0.25) is 14.4 Å². The molecule has 206 valence electrons. The number of rotatable bonds is 7. The van der Waals surface area contributed by atoms with Crippen molar-refractivity contribution >= 4 is 52.3 Å². The minimum atomic E-state index is -4.71. The molecule has 4 N–H and O–H groups in total. The lowest BCUT2D eigenvalue weighted by molar-refractivity contribution is -0.137. The third-order valence-electron chi connectivity index (χ3n) is 5.97. The van der Waals surface area contributed by atoms with Crippen molar-refractivity contribution in [1.29, 1.82) is 0 Å². The topological polar surface area (TPSA) is 156 Å². The fraction of sp³-hybridized carbons (Fsp3) is 0.348. The van der Waals surface area contributed by atoms with E-state index in [4.69, 9.17) is 17.3 Å². The number of piperidine rings is 1. The van der Waals surface area contributed by atoms with E-state index in [9.17, 15) is 27.6 Å². The fourth-order valence-corrected chi connectivity index (χ4v) is 4.89. The van der Waals surface area contributed by atoms with Gasteiger partial charge in [0.25, 0.3) is 11.8 Å². The molecule has 3 aromatic heterocycles. The van der Waals surface area contributed by atoms with E-state index in [0.29, 0.717) is 42.8 Å². The number of thiazole rings is 1. The number of nitrogens with zero attached hydrogens (tertiary/aromatic N) is 5. The molecule has 11 nitrogen and oxygen atoms in total. The van der Waals surface area contributed by atoms with Crippen molar-refractivity contribution in [3.63, 3.8) is 0 Å². The maximum Gasteiger partial charge on any atom is 0.418 e. The van der Waals surface area contributed by atoms with Gasteiger partial charge in [-0.15, -0.1) is 11.3 Å². The Labute approximate surface area is 229 Å². The van der Waals surface area contributed by atoms with Crippen molar-refractivity contribution < 1.29 is 27.6 Å². The first kappa shape index (κ1) is 28.2. The van der Waals surface area contributed by atoms with Gasteiger partial charge in [0.2, 0.25) is 5.91 Å². The van der Waals surface area contributed by atoms with Crippen molar-refractivity contribution in [2.24, 2.45) is 11.7 Å². The highest BCUT2D eigenvalue weighted by atomic mass is 35.5. The minimum absolute atomic E-state index is 0.0973. The first-order chi connectivity index (χ1) is 18.4. The lowest BCUT2D eigenvalue weighted by atomic mass is 9.96. The normalized spacial score (nSPS) is 15.1. The van der Waals surface area contributed by atoms with Crippen LogP contribution < -0.4 is 21.3 Å². The molecule has 1 fully saturated rings. The van der Waals surface area contributed by atoms with Crippen LogP contribution in [0.1, 0.15) is 56.5 Å². The summed E-state index contributed by atoms with van der Waals surface area (Å²) >= 11 is 6.51. The molecule has 0 bridgehead atoms. The van der Waals surface area contributed by atoms with Crippen molar-refractivity contribution in [2.75, 3.05) is 23.3 Å². The van der Waals surface area contributed by atoms with E-state index in [2.05, 4.69) is 30.6 Å². The van der Waals surface area contributed by atoms with Gasteiger partial charge >= 0.3 is 6.18 Å².